The van der Waals surface area contributed by atoms with Crippen LogP contribution in [-0.4, -0.2) is 48.1 Å². The second-order valence-electron chi connectivity index (χ2n) is 6.50. The molecule has 9 heteroatoms. The second kappa shape index (κ2) is 8.59. The number of hydrogen-bond donors (Lipinski definition) is 0. The van der Waals surface area contributed by atoms with Crippen LogP contribution < -0.4 is 9.47 Å². The van der Waals surface area contributed by atoms with E-state index in [2.05, 4.69) is 0 Å². The molecule has 1 aliphatic heterocycles. The number of ether oxygens (including phenoxy) is 3. The van der Waals surface area contributed by atoms with Crippen molar-refractivity contribution in [2.45, 2.75) is 19.6 Å². The minimum Gasteiger partial charge on any atom is -0.486 e. The van der Waals surface area contributed by atoms with Crippen LogP contribution in [0.25, 0.3) is 0 Å². The van der Waals surface area contributed by atoms with Gasteiger partial charge in [0.05, 0.1) is 11.0 Å². The topological polar surface area (TPSA) is 108 Å². The Labute approximate surface area is 166 Å². The molecule has 0 N–H and O–H groups in total. The van der Waals surface area contributed by atoms with Crippen molar-refractivity contribution in [1.82, 2.24) is 4.90 Å². The summed E-state index contributed by atoms with van der Waals surface area (Å²) in [5, 5.41) is 11.4. The number of amides is 1. The van der Waals surface area contributed by atoms with Gasteiger partial charge in [-0.1, -0.05) is 30.3 Å². The monoisotopic (exact) mass is 400 g/mol. The Kier molecular flexibility index (Phi) is 5.96. The summed E-state index contributed by atoms with van der Waals surface area (Å²) in [6.07, 6.45) is -1.12. The molecule has 0 spiro atoms. The minimum atomic E-state index is -1.12. The Morgan fingerprint density at radius 3 is 2.41 bits per heavy atom. The molecule has 9 nitrogen and oxygen atoms in total. The number of benzene rings is 2. The fourth-order valence-corrected chi connectivity index (χ4v) is 2.91. The van der Waals surface area contributed by atoms with E-state index in [1.807, 2.05) is 30.3 Å². The maximum atomic E-state index is 12.6. The highest BCUT2D eigenvalue weighted by atomic mass is 16.6. The minimum absolute atomic E-state index is 0.186. The third-order valence-electron chi connectivity index (χ3n) is 4.35. The summed E-state index contributed by atoms with van der Waals surface area (Å²) in [6, 6.07) is 11.7. The third-order valence-corrected chi connectivity index (χ3v) is 4.35. The number of fused-ring (bicyclic) bond motifs is 1. The van der Waals surface area contributed by atoms with E-state index in [4.69, 9.17) is 14.2 Å². The lowest BCUT2D eigenvalue weighted by atomic mass is 10.1. The quantitative estimate of drug-likeness (QED) is 0.416. The van der Waals surface area contributed by atoms with Crippen LogP contribution in [-0.2, 0) is 16.1 Å². The largest absolute Gasteiger partial charge is 0.486 e. The molecule has 0 aliphatic carbocycles. The molecule has 0 saturated heterocycles. The fraction of sp³-hybridized carbons (Fsp3) is 0.300. The van der Waals surface area contributed by atoms with Crippen LogP contribution >= 0.6 is 0 Å². The van der Waals surface area contributed by atoms with Gasteiger partial charge in [-0.05, 0) is 12.5 Å². The molecule has 0 fully saturated rings. The van der Waals surface area contributed by atoms with Gasteiger partial charge < -0.3 is 19.1 Å². The fourth-order valence-electron chi connectivity index (χ4n) is 2.91. The molecule has 1 aliphatic rings. The molecule has 0 unspecified atom stereocenters. The van der Waals surface area contributed by atoms with Gasteiger partial charge in [-0.3, -0.25) is 14.9 Å². The first-order chi connectivity index (χ1) is 13.9. The van der Waals surface area contributed by atoms with Crippen molar-refractivity contribution in [3.63, 3.8) is 0 Å². The number of rotatable bonds is 6. The molecule has 0 bridgehead atoms. The van der Waals surface area contributed by atoms with E-state index in [9.17, 15) is 19.7 Å². The van der Waals surface area contributed by atoms with Crippen molar-refractivity contribution in [3.05, 3.63) is 63.7 Å². The maximum Gasteiger partial charge on any atom is 0.346 e. The van der Waals surface area contributed by atoms with Crippen LogP contribution in [0.3, 0.4) is 0 Å². The average molecular weight is 400 g/mol. The summed E-state index contributed by atoms with van der Waals surface area (Å²) in [7, 11) is 1.59. The first kappa shape index (κ1) is 20.1. The van der Waals surface area contributed by atoms with E-state index in [1.54, 1.807) is 7.05 Å². The summed E-state index contributed by atoms with van der Waals surface area (Å²) >= 11 is 0. The third kappa shape index (κ3) is 4.63. The van der Waals surface area contributed by atoms with Crippen molar-refractivity contribution in [2.75, 3.05) is 20.3 Å². The van der Waals surface area contributed by atoms with Gasteiger partial charge in [0.25, 0.3) is 11.6 Å². The molecular formula is C20H20N2O7. The van der Waals surface area contributed by atoms with Crippen LogP contribution in [0, 0.1) is 10.1 Å². The zero-order chi connectivity index (χ0) is 21.0. The first-order valence-corrected chi connectivity index (χ1v) is 8.94. The van der Waals surface area contributed by atoms with Crippen molar-refractivity contribution >= 4 is 17.6 Å². The van der Waals surface area contributed by atoms with Gasteiger partial charge in [0.2, 0.25) is 0 Å². The van der Waals surface area contributed by atoms with Crippen molar-refractivity contribution in [2.24, 2.45) is 0 Å². The zero-order valence-electron chi connectivity index (χ0n) is 16.0. The summed E-state index contributed by atoms with van der Waals surface area (Å²) in [4.78, 5) is 37.2. The number of nitro benzene ring substituents is 1. The van der Waals surface area contributed by atoms with Gasteiger partial charge in [-0.15, -0.1) is 0 Å². The average Bonchev–Trinajstić information content (AvgIpc) is 2.72. The van der Waals surface area contributed by atoms with Gasteiger partial charge >= 0.3 is 5.97 Å². The van der Waals surface area contributed by atoms with Gasteiger partial charge in [0, 0.05) is 19.7 Å². The molecule has 152 valence electrons. The molecule has 0 saturated carbocycles. The number of carbonyl (C=O) groups is 2. The highest BCUT2D eigenvalue weighted by molar-refractivity contribution is 5.96. The van der Waals surface area contributed by atoms with Crippen LogP contribution in [0.2, 0.25) is 0 Å². The number of esters is 1. The first-order valence-electron chi connectivity index (χ1n) is 8.94. The maximum absolute atomic E-state index is 12.6. The molecule has 3 rings (SSSR count). The number of hydrogen-bond acceptors (Lipinski definition) is 7. The Hall–Kier alpha value is -3.62. The summed E-state index contributed by atoms with van der Waals surface area (Å²) < 4.78 is 15.9. The number of carbonyl (C=O) groups excluding carboxylic acids is 2. The standard InChI is InChI=1S/C20H20N2O7/c1-13(19(23)21(2)12-14-6-4-3-5-7-14)29-20(24)15-10-17-18(28-9-8-27-17)11-16(15)22(25)26/h3-7,10-11,13H,8-9,12H2,1-2H3/t13-/m1/s1. The summed E-state index contributed by atoms with van der Waals surface area (Å²) in [6.45, 7) is 2.28. The normalized spacial score (nSPS) is 13.3. The number of nitrogens with zero attached hydrogens (tertiary/aromatic N) is 2. The molecule has 1 amide bonds. The van der Waals surface area contributed by atoms with E-state index in [0.29, 0.717) is 6.54 Å². The molecule has 2 aromatic carbocycles. The van der Waals surface area contributed by atoms with Gasteiger partial charge in [0.15, 0.2) is 17.6 Å². The molecule has 0 radical (unpaired) electrons. The lowest BCUT2D eigenvalue weighted by Crippen LogP contribution is -2.37. The zero-order valence-corrected chi connectivity index (χ0v) is 16.0. The molecule has 1 atom stereocenters. The Morgan fingerprint density at radius 2 is 1.79 bits per heavy atom. The van der Waals surface area contributed by atoms with Gasteiger partial charge in [-0.25, -0.2) is 4.79 Å². The Bertz CT molecular complexity index is 930. The smallest absolute Gasteiger partial charge is 0.346 e. The molecule has 2 aromatic rings. The summed E-state index contributed by atoms with van der Waals surface area (Å²) in [5.41, 5.74) is 0.144. The highest BCUT2D eigenvalue weighted by Gasteiger charge is 2.30. The lowest BCUT2D eigenvalue weighted by Gasteiger charge is -2.22. The highest BCUT2D eigenvalue weighted by Crippen LogP contribution is 2.37. The number of likely N-dealkylation sites (N-methyl/N-ethyl adjacent to an activating group) is 1. The van der Waals surface area contributed by atoms with Crippen LogP contribution in [0.5, 0.6) is 11.5 Å². The molecule has 29 heavy (non-hydrogen) atoms. The van der Waals surface area contributed by atoms with Crippen LogP contribution in [0.4, 0.5) is 5.69 Å². The van der Waals surface area contributed by atoms with Gasteiger partial charge in [0.1, 0.15) is 18.8 Å². The van der Waals surface area contributed by atoms with Crippen LogP contribution in [0.1, 0.15) is 22.8 Å². The van der Waals surface area contributed by atoms with E-state index >= 15 is 0 Å². The van der Waals surface area contributed by atoms with Crippen LogP contribution in [0.15, 0.2) is 42.5 Å². The molecule has 0 aromatic heterocycles. The number of nitro groups is 1. The lowest BCUT2D eigenvalue weighted by molar-refractivity contribution is -0.385. The van der Waals surface area contributed by atoms with E-state index in [0.717, 1.165) is 11.6 Å². The molecular weight excluding hydrogens is 380 g/mol. The van der Waals surface area contributed by atoms with E-state index in [-0.39, 0.29) is 30.3 Å². The van der Waals surface area contributed by atoms with E-state index < -0.39 is 28.6 Å². The second-order valence-corrected chi connectivity index (χ2v) is 6.50. The predicted octanol–water partition coefficient (Wildman–Crippen LogP) is 2.57. The Morgan fingerprint density at radius 1 is 1.17 bits per heavy atom. The molecule has 1 heterocycles. The van der Waals surface area contributed by atoms with Gasteiger partial charge in [-0.2, -0.15) is 0 Å². The predicted molar refractivity (Wildman–Crippen MR) is 102 cm³/mol. The Balaban J connectivity index is 1.73. The van der Waals surface area contributed by atoms with Crippen molar-refractivity contribution < 1.29 is 28.7 Å². The van der Waals surface area contributed by atoms with Crippen molar-refractivity contribution in [3.8, 4) is 11.5 Å². The van der Waals surface area contributed by atoms with Crippen molar-refractivity contribution in [1.29, 1.82) is 0 Å². The SMILES string of the molecule is C[C@@H](OC(=O)c1cc2c(cc1[N+](=O)[O-])OCCO2)C(=O)N(C)Cc1ccccc1. The summed E-state index contributed by atoms with van der Waals surface area (Å²) in [5.74, 6) is -1.01. The van der Waals surface area contributed by atoms with E-state index in [1.165, 1.54) is 17.9 Å².